The van der Waals surface area contributed by atoms with Crippen molar-refractivity contribution in [3.63, 3.8) is 0 Å². The molecule has 0 amide bonds. The summed E-state index contributed by atoms with van der Waals surface area (Å²) in [4.78, 5) is 9.25. The zero-order chi connectivity index (χ0) is 16.9. The molecule has 0 aliphatic carbocycles. The van der Waals surface area contributed by atoms with Crippen LogP contribution in [0, 0.1) is 0 Å². The quantitative estimate of drug-likeness (QED) is 0.614. The van der Waals surface area contributed by atoms with Crippen molar-refractivity contribution in [2.75, 3.05) is 10.6 Å². The first kappa shape index (κ1) is 16.5. The molecular weight excluding hydrogens is 364 g/mol. The summed E-state index contributed by atoms with van der Waals surface area (Å²) >= 11 is 3.54. The van der Waals surface area contributed by atoms with Gasteiger partial charge >= 0.3 is 0 Å². The molecule has 0 unspecified atom stereocenters. The van der Waals surface area contributed by atoms with Gasteiger partial charge in [0.1, 0.15) is 5.82 Å². The van der Waals surface area contributed by atoms with Gasteiger partial charge in [0.05, 0.1) is 11.4 Å². The van der Waals surface area contributed by atoms with Crippen molar-refractivity contribution in [3.8, 4) is 11.3 Å². The molecule has 3 rings (SSSR count). The molecule has 0 aliphatic rings. The molecule has 0 radical (unpaired) electrons. The van der Waals surface area contributed by atoms with Gasteiger partial charge in [-0.1, -0.05) is 42.5 Å². The predicted molar refractivity (Wildman–Crippen MR) is 104 cm³/mol. The second-order valence-electron chi connectivity index (χ2n) is 5.73. The van der Waals surface area contributed by atoms with Crippen LogP contribution < -0.4 is 10.6 Å². The Bertz CT molecular complexity index is 819. The largest absolute Gasteiger partial charge is 0.368 e. The minimum Gasteiger partial charge on any atom is -0.368 e. The van der Waals surface area contributed by atoms with Crippen LogP contribution in [0.4, 0.5) is 17.5 Å². The zero-order valence-corrected chi connectivity index (χ0v) is 15.2. The molecule has 5 heteroatoms. The van der Waals surface area contributed by atoms with Gasteiger partial charge in [0, 0.05) is 22.1 Å². The van der Waals surface area contributed by atoms with E-state index in [2.05, 4.69) is 50.4 Å². The van der Waals surface area contributed by atoms with Crippen LogP contribution in [-0.4, -0.2) is 16.0 Å². The Morgan fingerprint density at radius 2 is 1.62 bits per heavy atom. The molecule has 24 heavy (non-hydrogen) atoms. The fourth-order valence-electron chi connectivity index (χ4n) is 2.31. The monoisotopic (exact) mass is 382 g/mol. The lowest BCUT2D eigenvalue weighted by atomic mass is 10.1. The topological polar surface area (TPSA) is 49.8 Å². The van der Waals surface area contributed by atoms with Gasteiger partial charge in [0.2, 0.25) is 5.95 Å². The van der Waals surface area contributed by atoms with Crippen molar-refractivity contribution in [2.45, 2.75) is 19.9 Å². The lowest BCUT2D eigenvalue weighted by Crippen LogP contribution is -2.12. The molecule has 0 saturated carbocycles. The first-order chi connectivity index (χ1) is 11.6. The van der Waals surface area contributed by atoms with Crippen LogP contribution in [0.15, 0.2) is 65.1 Å². The third kappa shape index (κ3) is 4.11. The summed E-state index contributed by atoms with van der Waals surface area (Å²) in [5.74, 6) is 1.36. The molecule has 0 fully saturated rings. The molecule has 0 saturated heterocycles. The van der Waals surface area contributed by atoms with E-state index in [-0.39, 0.29) is 0 Å². The van der Waals surface area contributed by atoms with E-state index in [0.717, 1.165) is 27.2 Å². The Morgan fingerprint density at radius 3 is 2.33 bits per heavy atom. The Labute approximate surface area is 150 Å². The van der Waals surface area contributed by atoms with E-state index in [9.17, 15) is 0 Å². The van der Waals surface area contributed by atoms with Crippen LogP contribution in [0.5, 0.6) is 0 Å². The maximum atomic E-state index is 4.66. The number of hydrogen-bond donors (Lipinski definition) is 2. The van der Waals surface area contributed by atoms with Crippen molar-refractivity contribution in [3.05, 3.63) is 65.1 Å². The highest BCUT2D eigenvalue weighted by molar-refractivity contribution is 9.10. The molecule has 122 valence electrons. The Morgan fingerprint density at radius 1 is 0.917 bits per heavy atom. The highest BCUT2D eigenvalue weighted by Gasteiger charge is 2.09. The molecule has 0 spiro atoms. The standard InChI is InChI=1S/C19H19BrN4/c1-13(2)21-18-12-17(14-8-4-3-5-9-14)23-19(24-18)22-16-11-7-6-10-15(16)20/h3-13H,1-2H3,(H2,21,22,23,24). The Kier molecular flexibility index (Phi) is 5.11. The van der Waals surface area contributed by atoms with Crippen LogP contribution >= 0.6 is 15.9 Å². The molecule has 0 bridgehead atoms. The SMILES string of the molecule is CC(C)Nc1cc(-c2ccccc2)nc(Nc2ccccc2Br)n1. The van der Waals surface area contributed by atoms with E-state index in [1.807, 2.05) is 60.7 Å². The third-order valence-corrected chi connectivity index (χ3v) is 4.04. The molecule has 4 nitrogen and oxygen atoms in total. The zero-order valence-electron chi connectivity index (χ0n) is 13.6. The summed E-state index contributed by atoms with van der Waals surface area (Å²) in [5, 5.41) is 6.64. The molecule has 1 heterocycles. The Hall–Kier alpha value is -2.40. The smallest absolute Gasteiger partial charge is 0.229 e. The lowest BCUT2D eigenvalue weighted by Gasteiger charge is -2.14. The van der Waals surface area contributed by atoms with Gasteiger partial charge in [0.15, 0.2) is 0 Å². The predicted octanol–water partition coefficient (Wildman–Crippen LogP) is 5.47. The van der Waals surface area contributed by atoms with Gasteiger partial charge in [0.25, 0.3) is 0 Å². The number of para-hydroxylation sites is 1. The minimum atomic E-state index is 0.292. The van der Waals surface area contributed by atoms with Crippen molar-refractivity contribution >= 4 is 33.4 Å². The number of rotatable bonds is 5. The number of nitrogens with one attached hydrogen (secondary N) is 2. The van der Waals surface area contributed by atoms with E-state index in [1.54, 1.807) is 0 Å². The van der Waals surface area contributed by atoms with Gasteiger partial charge < -0.3 is 10.6 Å². The van der Waals surface area contributed by atoms with Crippen molar-refractivity contribution in [2.24, 2.45) is 0 Å². The number of halogens is 1. The van der Waals surface area contributed by atoms with Crippen LogP contribution in [0.2, 0.25) is 0 Å². The van der Waals surface area contributed by atoms with E-state index >= 15 is 0 Å². The molecule has 1 aromatic heterocycles. The summed E-state index contributed by atoms with van der Waals surface area (Å²) in [6, 6.07) is 20.3. The van der Waals surface area contributed by atoms with Crippen LogP contribution in [0.1, 0.15) is 13.8 Å². The summed E-state index contributed by atoms with van der Waals surface area (Å²) in [7, 11) is 0. The van der Waals surface area contributed by atoms with E-state index in [0.29, 0.717) is 12.0 Å². The molecule has 0 aliphatic heterocycles. The molecular formula is C19H19BrN4. The number of aromatic nitrogens is 2. The van der Waals surface area contributed by atoms with Gasteiger partial charge in [-0.05, 0) is 41.9 Å². The van der Waals surface area contributed by atoms with Gasteiger partial charge in [-0.3, -0.25) is 0 Å². The van der Waals surface area contributed by atoms with Crippen molar-refractivity contribution in [1.82, 2.24) is 9.97 Å². The van der Waals surface area contributed by atoms with E-state index in [4.69, 9.17) is 0 Å². The maximum Gasteiger partial charge on any atom is 0.229 e. The summed E-state index contributed by atoms with van der Waals surface area (Å²) in [5.41, 5.74) is 2.86. The van der Waals surface area contributed by atoms with Crippen molar-refractivity contribution in [1.29, 1.82) is 0 Å². The van der Waals surface area contributed by atoms with Crippen molar-refractivity contribution < 1.29 is 0 Å². The molecule has 2 aromatic carbocycles. The highest BCUT2D eigenvalue weighted by Crippen LogP contribution is 2.27. The minimum absolute atomic E-state index is 0.292. The molecule has 0 atom stereocenters. The second-order valence-corrected chi connectivity index (χ2v) is 6.59. The average Bonchev–Trinajstić information content (AvgIpc) is 2.57. The Balaban J connectivity index is 2.00. The van der Waals surface area contributed by atoms with Crippen LogP contribution in [-0.2, 0) is 0 Å². The summed E-state index contributed by atoms with van der Waals surface area (Å²) < 4.78 is 0.970. The number of hydrogen-bond acceptors (Lipinski definition) is 4. The van der Waals surface area contributed by atoms with Crippen LogP contribution in [0.3, 0.4) is 0 Å². The van der Waals surface area contributed by atoms with E-state index < -0.39 is 0 Å². The average molecular weight is 383 g/mol. The lowest BCUT2D eigenvalue weighted by molar-refractivity contribution is 0.887. The summed E-state index contributed by atoms with van der Waals surface area (Å²) in [6.07, 6.45) is 0. The highest BCUT2D eigenvalue weighted by atomic mass is 79.9. The normalized spacial score (nSPS) is 10.7. The first-order valence-corrected chi connectivity index (χ1v) is 8.64. The number of nitrogens with zero attached hydrogens (tertiary/aromatic N) is 2. The number of benzene rings is 2. The van der Waals surface area contributed by atoms with E-state index in [1.165, 1.54) is 0 Å². The first-order valence-electron chi connectivity index (χ1n) is 7.84. The maximum absolute atomic E-state index is 4.66. The molecule has 3 aromatic rings. The second kappa shape index (κ2) is 7.45. The van der Waals surface area contributed by atoms with Gasteiger partial charge in [-0.2, -0.15) is 4.98 Å². The van der Waals surface area contributed by atoms with Gasteiger partial charge in [-0.15, -0.1) is 0 Å². The third-order valence-electron chi connectivity index (χ3n) is 3.35. The fraction of sp³-hybridized carbons (Fsp3) is 0.158. The molecule has 2 N–H and O–H groups in total. The summed E-state index contributed by atoms with van der Waals surface area (Å²) in [6.45, 7) is 4.18. The number of anilines is 3. The van der Waals surface area contributed by atoms with Gasteiger partial charge in [-0.25, -0.2) is 4.98 Å². The van der Waals surface area contributed by atoms with Crippen LogP contribution in [0.25, 0.3) is 11.3 Å². The fourth-order valence-corrected chi connectivity index (χ4v) is 2.70.